The van der Waals surface area contributed by atoms with Crippen LogP contribution in [0, 0.1) is 0 Å². The van der Waals surface area contributed by atoms with Gasteiger partial charge in [-0.15, -0.1) is 0 Å². The number of hydrogen-bond donors (Lipinski definition) is 2. The van der Waals surface area contributed by atoms with Gasteiger partial charge in [0.2, 0.25) is 0 Å². The first-order valence-corrected chi connectivity index (χ1v) is 7.58. The molecule has 118 valence electrons. The normalized spacial score (nSPS) is 15.2. The second-order valence-corrected chi connectivity index (χ2v) is 5.69. The molecule has 0 aliphatic rings. The molecule has 0 aliphatic carbocycles. The number of para-hydroxylation sites is 1. The van der Waals surface area contributed by atoms with E-state index < -0.39 is 11.5 Å². The maximum Gasteiger partial charge on any atom is 0.323 e. The van der Waals surface area contributed by atoms with Crippen LogP contribution in [0.15, 0.2) is 24.3 Å². The average molecular weight is 293 g/mol. The van der Waals surface area contributed by atoms with E-state index in [0.717, 1.165) is 12.2 Å². The van der Waals surface area contributed by atoms with Gasteiger partial charge in [-0.3, -0.25) is 4.79 Å². The van der Waals surface area contributed by atoms with Gasteiger partial charge >= 0.3 is 5.97 Å². The van der Waals surface area contributed by atoms with Gasteiger partial charge < -0.3 is 15.2 Å². The van der Waals surface area contributed by atoms with Gasteiger partial charge in [-0.1, -0.05) is 32.0 Å². The summed E-state index contributed by atoms with van der Waals surface area (Å²) in [7, 11) is 1.67. The molecular weight excluding hydrogens is 266 g/mol. The van der Waals surface area contributed by atoms with Crippen molar-refractivity contribution < 1.29 is 14.6 Å². The molecule has 0 amide bonds. The molecule has 0 fully saturated rings. The number of rotatable bonds is 9. The second kappa shape index (κ2) is 8.03. The topological polar surface area (TPSA) is 58.6 Å². The summed E-state index contributed by atoms with van der Waals surface area (Å²) < 4.78 is 5.86. The quantitative estimate of drug-likeness (QED) is 0.685. The number of carboxylic acids is 1. The summed E-state index contributed by atoms with van der Waals surface area (Å²) in [6, 6.07) is 8.07. The van der Waals surface area contributed by atoms with Crippen LogP contribution in [-0.2, 0) is 4.79 Å². The molecule has 1 rings (SSSR count). The molecule has 2 unspecified atom stereocenters. The number of carboxylic acid groups (broad SMARTS) is 1. The molecule has 21 heavy (non-hydrogen) atoms. The van der Waals surface area contributed by atoms with Crippen molar-refractivity contribution in [2.24, 2.45) is 0 Å². The van der Waals surface area contributed by atoms with Gasteiger partial charge in [-0.2, -0.15) is 0 Å². The predicted octanol–water partition coefficient (Wildman–Crippen LogP) is 3.42. The van der Waals surface area contributed by atoms with Crippen LogP contribution in [-0.4, -0.2) is 30.3 Å². The first-order chi connectivity index (χ1) is 9.94. The maximum absolute atomic E-state index is 11.2. The van der Waals surface area contributed by atoms with Gasteiger partial charge in [0.05, 0.1) is 6.61 Å². The predicted molar refractivity (Wildman–Crippen MR) is 85.0 cm³/mol. The second-order valence-electron chi connectivity index (χ2n) is 5.69. The molecule has 2 N–H and O–H groups in total. The minimum atomic E-state index is -0.889. The maximum atomic E-state index is 11.2. The van der Waals surface area contributed by atoms with Gasteiger partial charge in [-0.05, 0) is 50.8 Å². The molecule has 0 saturated carbocycles. The number of hydrogen-bond acceptors (Lipinski definition) is 3. The third-order valence-corrected chi connectivity index (χ3v) is 4.16. The Labute approximate surface area is 127 Å². The fourth-order valence-electron chi connectivity index (χ4n) is 2.19. The Kier molecular flexibility index (Phi) is 6.69. The van der Waals surface area contributed by atoms with Crippen molar-refractivity contribution in [3.8, 4) is 5.75 Å². The van der Waals surface area contributed by atoms with E-state index in [1.54, 1.807) is 14.0 Å². The molecule has 0 aromatic heterocycles. The standard InChI is InChI=1S/C17H27NO3/c1-5-13(2)14-9-6-7-10-15(14)21-12-8-11-17(3,18-4)16(19)20/h6-7,9-10,13,18H,5,8,11-12H2,1-4H3,(H,19,20). The molecule has 0 heterocycles. The molecule has 2 atom stereocenters. The Bertz CT molecular complexity index is 461. The summed E-state index contributed by atoms with van der Waals surface area (Å²) in [5, 5.41) is 12.1. The Hall–Kier alpha value is -1.55. The largest absolute Gasteiger partial charge is 0.493 e. The molecule has 0 spiro atoms. The zero-order chi connectivity index (χ0) is 15.9. The zero-order valence-electron chi connectivity index (χ0n) is 13.5. The molecule has 4 heteroatoms. The Morgan fingerprint density at radius 3 is 2.67 bits per heavy atom. The van der Waals surface area contributed by atoms with E-state index in [1.807, 2.05) is 18.2 Å². The molecule has 1 aromatic carbocycles. The van der Waals surface area contributed by atoms with E-state index in [-0.39, 0.29) is 0 Å². The van der Waals surface area contributed by atoms with Crippen LogP contribution in [0.1, 0.15) is 51.5 Å². The van der Waals surface area contributed by atoms with Crippen molar-refractivity contribution in [3.63, 3.8) is 0 Å². The number of benzene rings is 1. The monoisotopic (exact) mass is 293 g/mol. The Morgan fingerprint density at radius 2 is 2.10 bits per heavy atom. The van der Waals surface area contributed by atoms with E-state index in [4.69, 9.17) is 4.74 Å². The van der Waals surface area contributed by atoms with Crippen molar-refractivity contribution >= 4 is 5.97 Å². The number of nitrogens with one attached hydrogen (secondary N) is 1. The molecule has 4 nitrogen and oxygen atoms in total. The smallest absolute Gasteiger partial charge is 0.323 e. The van der Waals surface area contributed by atoms with Crippen LogP contribution >= 0.6 is 0 Å². The van der Waals surface area contributed by atoms with Crippen LogP contribution in [0.3, 0.4) is 0 Å². The van der Waals surface area contributed by atoms with Crippen LogP contribution in [0.4, 0.5) is 0 Å². The summed E-state index contributed by atoms with van der Waals surface area (Å²) in [6.07, 6.45) is 2.29. The summed E-state index contributed by atoms with van der Waals surface area (Å²) in [6.45, 7) is 6.57. The lowest BCUT2D eigenvalue weighted by atomic mass is 9.96. The van der Waals surface area contributed by atoms with E-state index in [9.17, 15) is 9.90 Å². The van der Waals surface area contributed by atoms with Crippen molar-refractivity contribution in [1.82, 2.24) is 5.32 Å². The van der Waals surface area contributed by atoms with E-state index in [0.29, 0.717) is 25.4 Å². The highest BCUT2D eigenvalue weighted by atomic mass is 16.5. The number of carbonyl (C=O) groups is 1. The minimum absolute atomic E-state index is 0.461. The molecular formula is C17H27NO3. The summed E-state index contributed by atoms with van der Waals surface area (Å²) >= 11 is 0. The van der Waals surface area contributed by atoms with Crippen molar-refractivity contribution in [2.75, 3.05) is 13.7 Å². The summed E-state index contributed by atoms with van der Waals surface area (Å²) in [4.78, 5) is 11.2. The lowest BCUT2D eigenvalue weighted by molar-refractivity contribution is -0.144. The minimum Gasteiger partial charge on any atom is -0.493 e. The fourth-order valence-corrected chi connectivity index (χ4v) is 2.19. The third-order valence-electron chi connectivity index (χ3n) is 4.16. The van der Waals surface area contributed by atoms with Crippen molar-refractivity contribution in [1.29, 1.82) is 0 Å². The molecule has 1 aromatic rings. The van der Waals surface area contributed by atoms with Crippen LogP contribution in [0.5, 0.6) is 5.75 Å². The van der Waals surface area contributed by atoms with Gasteiger partial charge in [0.1, 0.15) is 11.3 Å². The highest BCUT2D eigenvalue weighted by Gasteiger charge is 2.30. The lowest BCUT2D eigenvalue weighted by Gasteiger charge is -2.24. The number of likely N-dealkylation sites (N-methyl/N-ethyl adjacent to an activating group) is 1. The summed E-state index contributed by atoms with van der Waals surface area (Å²) in [5.41, 5.74) is 0.328. The first kappa shape index (κ1) is 17.5. The number of ether oxygens (including phenoxy) is 1. The first-order valence-electron chi connectivity index (χ1n) is 7.58. The zero-order valence-corrected chi connectivity index (χ0v) is 13.5. The fraction of sp³-hybridized carbons (Fsp3) is 0.588. The van der Waals surface area contributed by atoms with E-state index in [1.165, 1.54) is 5.56 Å². The van der Waals surface area contributed by atoms with Crippen molar-refractivity contribution in [3.05, 3.63) is 29.8 Å². The van der Waals surface area contributed by atoms with Crippen LogP contribution < -0.4 is 10.1 Å². The van der Waals surface area contributed by atoms with Gasteiger partial charge in [0, 0.05) is 0 Å². The Morgan fingerprint density at radius 1 is 1.43 bits per heavy atom. The number of aliphatic carboxylic acids is 1. The molecule has 0 saturated heterocycles. The highest BCUT2D eigenvalue weighted by Crippen LogP contribution is 2.28. The van der Waals surface area contributed by atoms with Gasteiger partial charge in [-0.25, -0.2) is 0 Å². The van der Waals surface area contributed by atoms with E-state index in [2.05, 4.69) is 25.2 Å². The molecule has 0 aliphatic heterocycles. The molecule has 0 radical (unpaired) electrons. The Balaban J connectivity index is 2.55. The van der Waals surface area contributed by atoms with Gasteiger partial charge in [0.15, 0.2) is 0 Å². The van der Waals surface area contributed by atoms with Crippen LogP contribution in [0.2, 0.25) is 0 Å². The van der Waals surface area contributed by atoms with Crippen molar-refractivity contribution in [2.45, 2.75) is 51.5 Å². The SMILES string of the molecule is CCC(C)c1ccccc1OCCCC(C)(NC)C(=O)O. The lowest BCUT2D eigenvalue weighted by Crippen LogP contribution is -2.47. The van der Waals surface area contributed by atoms with Gasteiger partial charge in [0.25, 0.3) is 0 Å². The third kappa shape index (κ3) is 4.74. The highest BCUT2D eigenvalue weighted by molar-refractivity contribution is 5.78. The average Bonchev–Trinajstić information content (AvgIpc) is 2.50. The van der Waals surface area contributed by atoms with E-state index >= 15 is 0 Å². The summed E-state index contributed by atoms with van der Waals surface area (Å²) in [5.74, 6) is 0.543. The molecule has 0 bridgehead atoms. The van der Waals surface area contributed by atoms with Crippen LogP contribution in [0.25, 0.3) is 0 Å².